The lowest BCUT2D eigenvalue weighted by Crippen LogP contribution is -2.48. The van der Waals surface area contributed by atoms with Gasteiger partial charge in [0.15, 0.2) is 0 Å². The molecule has 1 saturated heterocycles. The zero-order valence-corrected chi connectivity index (χ0v) is 10.4. The molecule has 1 unspecified atom stereocenters. The molecule has 0 radical (unpaired) electrons. The highest BCUT2D eigenvalue weighted by molar-refractivity contribution is 5.01. The van der Waals surface area contributed by atoms with Crippen LogP contribution in [-0.4, -0.2) is 61.5 Å². The van der Waals surface area contributed by atoms with Gasteiger partial charge in [-0.25, -0.2) is 0 Å². The fourth-order valence-electron chi connectivity index (χ4n) is 1.76. The number of aliphatic hydroxyl groups excluding tert-OH is 1. The average Bonchev–Trinajstić information content (AvgIpc) is 2.27. The van der Waals surface area contributed by atoms with E-state index < -0.39 is 0 Å². The van der Waals surface area contributed by atoms with Gasteiger partial charge in [-0.2, -0.15) is 0 Å². The number of nitrogens with one attached hydrogen (secondary N) is 1. The Kier molecular flexibility index (Phi) is 5.98. The second-order valence-corrected chi connectivity index (χ2v) is 4.67. The van der Waals surface area contributed by atoms with Gasteiger partial charge in [-0.15, -0.1) is 0 Å². The maximum atomic E-state index is 9.23. The summed E-state index contributed by atoms with van der Waals surface area (Å²) in [5, 5.41) is 12.6. The Morgan fingerprint density at radius 2 is 2.38 bits per heavy atom. The van der Waals surface area contributed by atoms with Crippen LogP contribution < -0.4 is 5.32 Å². The topological polar surface area (TPSA) is 44.7 Å². The van der Waals surface area contributed by atoms with Gasteiger partial charge in [0.25, 0.3) is 0 Å². The molecule has 16 heavy (non-hydrogen) atoms. The van der Waals surface area contributed by atoms with Crippen LogP contribution in [0.1, 0.15) is 13.8 Å². The third-order valence-electron chi connectivity index (χ3n) is 2.75. The second kappa shape index (κ2) is 7.01. The van der Waals surface area contributed by atoms with Gasteiger partial charge in [0.1, 0.15) is 0 Å². The molecule has 1 aliphatic heterocycles. The molecule has 0 aromatic heterocycles. The van der Waals surface area contributed by atoms with Crippen molar-refractivity contribution in [2.75, 3.05) is 39.5 Å². The Morgan fingerprint density at radius 1 is 1.62 bits per heavy atom. The van der Waals surface area contributed by atoms with Crippen LogP contribution in [0, 0.1) is 0 Å². The third-order valence-corrected chi connectivity index (χ3v) is 2.75. The van der Waals surface area contributed by atoms with Gasteiger partial charge in [-0.05, 0) is 5.57 Å². The van der Waals surface area contributed by atoms with Crippen LogP contribution in [0.5, 0.6) is 0 Å². The van der Waals surface area contributed by atoms with Crippen molar-refractivity contribution in [2.24, 2.45) is 0 Å². The molecule has 0 saturated carbocycles. The van der Waals surface area contributed by atoms with Crippen molar-refractivity contribution in [3.63, 3.8) is 0 Å². The Bertz CT molecular complexity index is 219. The lowest BCUT2D eigenvalue weighted by atomic mass is 10.2. The molecule has 4 heteroatoms. The molecule has 0 amide bonds. The molecule has 0 aromatic carbocycles. The monoisotopic (exact) mass is 228 g/mol. The van der Waals surface area contributed by atoms with Crippen molar-refractivity contribution in [1.82, 2.24) is 10.2 Å². The summed E-state index contributed by atoms with van der Waals surface area (Å²) in [5.41, 5.74) is 1.16. The Hall–Kier alpha value is -0.420. The van der Waals surface area contributed by atoms with Gasteiger partial charge < -0.3 is 15.2 Å². The maximum Gasteiger partial charge on any atom is 0.0644 e. The number of hydrogen-bond donors (Lipinski definition) is 2. The number of ether oxygens (including phenoxy) is 1. The molecule has 1 rings (SSSR count). The van der Waals surface area contributed by atoms with Crippen LogP contribution in [0.4, 0.5) is 0 Å². The van der Waals surface area contributed by atoms with Crippen molar-refractivity contribution >= 4 is 0 Å². The Labute approximate surface area is 98.3 Å². The molecule has 1 heterocycles. The van der Waals surface area contributed by atoms with E-state index in [1.165, 1.54) is 0 Å². The second-order valence-electron chi connectivity index (χ2n) is 4.67. The van der Waals surface area contributed by atoms with Crippen LogP contribution in [-0.2, 0) is 4.74 Å². The number of rotatable bonds is 6. The highest BCUT2D eigenvalue weighted by atomic mass is 16.5. The summed E-state index contributed by atoms with van der Waals surface area (Å²) < 4.78 is 5.34. The van der Waals surface area contributed by atoms with E-state index in [0.29, 0.717) is 12.6 Å². The summed E-state index contributed by atoms with van der Waals surface area (Å²) in [5.74, 6) is 0. The summed E-state index contributed by atoms with van der Waals surface area (Å²) in [7, 11) is 0. The number of nitrogens with zero attached hydrogens (tertiary/aromatic N) is 1. The minimum atomic E-state index is 0.129. The van der Waals surface area contributed by atoms with Gasteiger partial charge in [-0.3, -0.25) is 4.90 Å². The van der Waals surface area contributed by atoms with Crippen LogP contribution >= 0.6 is 0 Å². The largest absolute Gasteiger partial charge is 0.395 e. The van der Waals surface area contributed by atoms with E-state index >= 15 is 0 Å². The predicted octanol–water partition coefficient (Wildman–Crippen LogP) is 0.234. The number of aliphatic hydroxyl groups is 1. The van der Waals surface area contributed by atoms with E-state index in [1.54, 1.807) is 0 Å². The first kappa shape index (κ1) is 13.6. The molecule has 1 fully saturated rings. The number of morpholine rings is 1. The predicted molar refractivity (Wildman–Crippen MR) is 65.5 cm³/mol. The summed E-state index contributed by atoms with van der Waals surface area (Å²) in [6.07, 6.45) is 0. The number of hydrogen-bond acceptors (Lipinski definition) is 4. The quantitative estimate of drug-likeness (QED) is 0.639. The van der Waals surface area contributed by atoms with E-state index in [-0.39, 0.29) is 12.6 Å². The van der Waals surface area contributed by atoms with Crippen molar-refractivity contribution in [2.45, 2.75) is 25.9 Å². The Balaban J connectivity index is 2.30. The van der Waals surface area contributed by atoms with Crippen LogP contribution in [0.2, 0.25) is 0 Å². The zero-order valence-electron chi connectivity index (χ0n) is 10.4. The van der Waals surface area contributed by atoms with Crippen molar-refractivity contribution < 1.29 is 9.84 Å². The van der Waals surface area contributed by atoms with Gasteiger partial charge in [0.2, 0.25) is 0 Å². The van der Waals surface area contributed by atoms with Crippen LogP contribution in [0.3, 0.4) is 0 Å². The van der Waals surface area contributed by atoms with E-state index in [4.69, 9.17) is 4.74 Å². The zero-order chi connectivity index (χ0) is 12.0. The first-order valence-corrected chi connectivity index (χ1v) is 5.96. The van der Waals surface area contributed by atoms with Gasteiger partial charge >= 0.3 is 0 Å². The molecular formula is C12H24N2O2. The van der Waals surface area contributed by atoms with Crippen molar-refractivity contribution in [1.29, 1.82) is 0 Å². The van der Waals surface area contributed by atoms with Crippen LogP contribution in [0.15, 0.2) is 12.2 Å². The van der Waals surface area contributed by atoms with Gasteiger partial charge in [-0.1, -0.05) is 20.4 Å². The smallest absolute Gasteiger partial charge is 0.0644 e. The average molecular weight is 228 g/mol. The first-order chi connectivity index (χ1) is 7.63. The third kappa shape index (κ3) is 4.61. The molecule has 94 valence electrons. The summed E-state index contributed by atoms with van der Waals surface area (Å²) in [6, 6.07) is 0.611. The summed E-state index contributed by atoms with van der Waals surface area (Å²) in [4.78, 5) is 2.24. The Morgan fingerprint density at radius 3 is 3.00 bits per heavy atom. The molecule has 4 nitrogen and oxygen atoms in total. The minimum Gasteiger partial charge on any atom is -0.395 e. The standard InChI is InChI=1S/C12H24N2O2/c1-10(2)13-6-11(3)7-14-4-5-16-9-12(14)8-15/h10,12-13,15H,3-9H2,1-2H3. The highest BCUT2D eigenvalue weighted by Gasteiger charge is 2.22. The van der Waals surface area contributed by atoms with Crippen molar-refractivity contribution in [3.05, 3.63) is 12.2 Å². The summed E-state index contributed by atoms with van der Waals surface area (Å²) >= 11 is 0. The maximum absolute atomic E-state index is 9.23. The fraction of sp³-hybridized carbons (Fsp3) is 0.833. The lowest BCUT2D eigenvalue weighted by Gasteiger charge is -2.34. The van der Waals surface area contributed by atoms with E-state index in [0.717, 1.165) is 31.8 Å². The molecule has 2 N–H and O–H groups in total. The molecule has 0 spiro atoms. The first-order valence-electron chi connectivity index (χ1n) is 5.96. The normalized spacial score (nSPS) is 22.6. The van der Waals surface area contributed by atoms with E-state index in [9.17, 15) is 5.11 Å². The molecule has 1 atom stereocenters. The lowest BCUT2D eigenvalue weighted by molar-refractivity contribution is -0.0231. The molecule has 0 bridgehead atoms. The molecule has 0 aromatic rings. The SMILES string of the molecule is C=C(CNC(C)C)CN1CCOCC1CO. The molecule has 1 aliphatic rings. The van der Waals surface area contributed by atoms with Gasteiger partial charge in [0, 0.05) is 25.7 Å². The highest BCUT2D eigenvalue weighted by Crippen LogP contribution is 2.08. The molecule has 0 aliphatic carbocycles. The summed E-state index contributed by atoms with van der Waals surface area (Å²) in [6.45, 7) is 12.4. The van der Waals surface area contributed by atoms with Crippen molar-refractivity contribution in [3.8, 4) is 0 Å². The van der Waals surface area contributed by atoms with Crippen LogP contribution in [0.25, 0.3) is 0 Å². The molecular weight excluding hydrogens is 204 g/mol. The van der Waals surface area contributed by atoms with E-state index in [2.05, 4.69) is 30.6 Å². The van der Waals surface area contributed by atoms with Gasteiger partial charge in [0.05, 0.1) is 25.9 Å². The van der Waals surface area contributed by atoms with E-state index in [1.807, 2.05) is 0 Å². The minimum absolute atomic E-state index is 0.129. The fourth-order valence-corrected chi connectivity index (χ4v) is 1.76.